The molecular weight excluding hydrogens is 329 g/mol. The first-order valence-corrected chi connectivity index (χ1v) is 8.35. The predicted molar refractivity (Wildman–Crippen MR) is 78.2 cm³/mol. The van der Waals surface area contributed by atoms with Crippen molar-refractivity contribution in [1.82, 2.24) is 19.5 Å². The third-order valence-corrected chi connectivity index (χ3v) is 4.09. The first-order chi connectivity index (χ1) is 10.7. The summed E-state index contributed by atoms with van der Waals surface area (Å²) < 4.78 is 22.6. The highest BCUT2D eigenvalue weighted by Crippen LogP contribution is 2.40. The summed E-state index contributed by atoms with van der Waals surface area (Å²) in [6.07, 6.45) is 0.987. The summed E-state index contributed by atoms with van der Waals surface area (Å²) in [5, 5.41) is 0. The minimum absolute atomic E-state index is 0.0000772. The van der Waals surface area contributed by atoms with Gasteiger partial charge < -0.3 is 20.3 Å². The fraction of sp³-hybridized carbons (Fsp3) is 0.545. The number of rotatable bonds is 4. The number of hydrogen-bond acceptors (Lipinski definition) is 7. The van der Waals surface area contributed by atoms with E-state index < -0.39 is 25.7 Å². The molecule has 1 saturated heterocycles. The SMILES string of the molecule is CC1CC(COP(=O)(O)O)OC1n1cnc2c(=O)[nH]c(N)nc21. The van der Waals surface area contributed by atoms with Crippen molar-refractivity contribution in [2.75, 3.05) is 12.3 Å². The standard InChI is InChI=1S/C11H16N5O6P/c1-5-2-6(3-21-23(18,19)20)22-10(5)16-4-13-7-8(16)14-11(12)15-9(7)17/h4-6,10H,2-3H2,1H3,(H2,18,19,20)(H3,12,14,15,17). The molecule has 0 aromatic carbocycles. The van der Waals surface area contributed by atoms with Crippen LogP contribution in [-0.2, 0) is 13.8 Å². The summed E-state index contributed by atoms with van der Waals surface area (Å²) in [4.78, 5) is 39.7. The van der Waals surface area contributed by atoms with Crippen LogP contribution in [0.5, 0.6) is 0 Å². The van der Waals surface area contributed by atoms with Crippen molar-refractivity contribution in [3.05, 3.63) is 16.7 Å². The van der Waals surface area contributed by atoms with Gasteiger partial charge in [0.2, 0.25) is 5.95 Å². The second kappa shape index (κ2) is 5.69. The quantitative estimate of drug-likeness (QED) is 0.546. The first kappa shape index (κ1) is 16.1. The van der Waals surface area contributed by atoms with Gasteiger partial charge in [-0.2, -0.15) is 4.98 Å². The lowest BCUT2D eigenvalue weighted by molar-refractivity contribution is -0.0290. The largest absolute Gasteiger partial charge is 0.469 e. The Morgan fingerprint density at radius 1 is 1.61 bits per heavy atom. The number of nitrogens with one attached hydrogen (secondary N) is 1. The molecule has 3 heterocycles. The minimum Gasteiger partial charge on any atom is -0.369 e. The molecule has 126 valence electrons. The van der Waals surface area contributed by atoms with Crippen LogP contribution in [0.1, 0.15) is 19.6 Å². The van der Waals surface area contributed by atoms with Crippen LogP contribution in [0.3, 0.4) is 0 Å². The third-order valence-electron chi connectivity index (χ3n) is 3.61. The molecule has 1 aliphatic rings. The van der Waals surface area contributed by atoms with Crippen molar-refractivity contribution in [3.63, 3.8) is 0 Å². The van der Waals surface area contributed by atoms with Crippen LogP contribution in [0.4, 0.5) is 5.95 Å². The zero-order valence-electron chi connectivity index (χ0n) is 12.1. The number of imidazole rings is 1. The summed E-state index contributed by atoms with van der Waals surface area (Å²) in [6.45, 7) is 1.68. The van der Waals surface area contributed by atoms with E-state index in [0.29, 0.717) is 12.1 Å². The zero-order valence-corrected chi connectivity index (χ0v) is 13.0. The van der Waals surface area contributed by atoms with Crippen LogP contribution in [0.15, 0.2) is 11.1 Å². The van der Waals surface area contributed by atoms with Gasteiger partial charge in [0.1, 0.15) is 6.23 Å². The van der Waals surface area contributed by atoms with Crippen LogP contribution in [0, 0.1) is 5.92 Å². The molecular formula is C11H16N5O6P. The molecule has 1 aliphatic heterocycles. The predicted octanol–water partition coefficient (Wildman–Crippen LogP) is -0.265. The number of phosphoric ester groups is 1. The minimum atomic E-state index is -4.54. The molecule has 11 nitrogen and oxygen atoms in total. The number of anilines is 1. The van der Waals surface area contributed by atoms with Crippen molar-refractivity contribution in [2.45, 2.75) is 25.7 Å². The number of aromatic amines is 1. The maximum Gasteiger partial charge on any atom is 0.469 e. The summed E-state index contributed by atoms with van der Waals surface area (Å²) in [6, 6.07) is 0. The Morgan fingerprint density at radius 2 is 2.35 bits per heavy atom. The van der Waals surface area contributed by atoms with E-state index in [2.05, 4.69) is 19.5 Å². The van der Waals surface area contributed by atoms with Gasteiger partial charge in [-0.1, -0.05) is 6.92 Å². The molecule has 0 amide bonds. The van der Waals surface area contributed by atoms with Crippen LogP contribution >= 0.6 is 7.82 Å². The number of nitrogen functional groups attached to an aromatic ring is 1. The normalized spacial score (nSPS) is 25.3. The fourth-order valence-electron chi connectivity index (χ4n) is 2.67. The molecule has 2 aromatic heterocycles. The van der Waals surface area contributed by atoms with Gasteiger partial charge in [0.05, 0.1) is 19.0 Å². The van der Waals surface area contributed by atoms with Crippen LogP contribution < -0.4 is 11.3 Å². The molecule has 0 radical (unpaired) electrons. The van der Waals surface area contributed by atoms with Crippen LogP contribution in [0.2, 0.25) is 0 Å². The number of H-pyrrole nitrogens is 1. The molecule has 2 aromatic rings. The van der Waals surface area contributed by atoms with E-state index in [4.69, 9.17) is 20.3 Å². The highest BCUT2D eigenvalue weighted by atomic mass is 31.2. The lowest BCUT2D eigenvalue weighted by Crippen LogP contribution is -2.18. The van der Waals surface area contributed by atoms with Crippen molar-refractivity contribution in [3.8, 4) is 0 Å². The summed E-state index contributed by atoms with van der Waals surface area (Å²) in [5.41, 5.74) is 5.54. The molecule has 3 rings (SSSR count). The number of fused-ring (bicyclic) bond motifs is 1. The molecule has 3 atom stereocenters. The second-order valence-electron chi connectivity index (χ2n) is 5.42. The van der Waals surface area contributed by atoms with E-state index in [1.54, 1.807) is 4.57 Å². The van der Waals surface area contributed by atoms with E-state index in [9.17, 15) is 9.36 Å². The number of nitrogens with zero attached hydrogens (tertiary/aromatic N) is 3. The zero-order chi connectivity index (χ0) is 16.8. The number of aromatic nitrogens is 4. The number of hydrogen-bond donors (Lipinski definition) is 4. The molecule has 5 N–H and O–H groups in total. The van der Waals surface area contributed by atoms with Gasteiger partial charge in [-0.05, 0) is 6.42 Å². The Kier molecular flexibility index (Phi) is 3.98. The molecule has 12 heteroatoms. The maximum atomic E-state index is 11.8. The van der Waals surface area contributed by atoms with Crippen LogP contribution in [-0.4, -0.2) is 42.0 Å². The van der Waals surface area contributed by atoms with Gasteiger partial charge in [0.25, 0.3) is 5.56 Å². The molecule has 1 fully saturated rings. The summed E-state index contributed by atoms with van der Waals surface area (Å²) >= 11 is 0. The van der Waals surface area contributed by atoms with Gasteiger partial charge in [0, 0.05) is 5.92 Å². The van der Waals surface area contributed by atoms with E-state index in [-0.39, 0.29) is 24.0 Å². The topological polar surface area (TPSA) is 166 Å². The maximum absolute atomic E-state index is 11.8. The third kappa shape index (κ3) is 3.28. The molecule has 0 bridgehead atoms. The lowest BCUT2D eigenvalue weighted by atomic mass is 10.1. The highest BCUT2D eigenvalue weighted by Gasteiger charge is 2.36. The van der Waals surface area contributed by atoms with E-state index in [1.807, 2.05) is 6.92 Å². The molecule has 0 aliphatic carbocycles. The smallest absolute Gasteiger partial charge is 0.369 e. The number of nitrogens with two attached hydrogens (primary N) is 1. The van der Waals surface area contributed by atoms with Crippen molar-refractivity contribution in [1.29, 1.82) is 0 Å². The average molecular weight is 345 g/mol. The van der Waals surface area contributed by atoms with E-state index in [1.165, 1.54) is 6.33 Å². The molecule has 23 heavy (non-hydrogen) atoms. The Labute approximate surface area is 129 Å². The lowest BCUT2D eigenvalue weighted by Gasteiger charge is -2.17. The van der Waals surface area contributed by atoms with Gasteiger partial charge in [0.15, 0.2) is 11.2 Å². The Balaban J connectivity index is 1.85. The van der Waals surface area contributed by atoms with Gasteiger partial charge in [-0.15, -0.1) is 0 Å². The van der Waals surface area contributed by atoms with Gasteiger partial charge in [-0.25, -0.2) is 9.55 Å². The second-order valence-corrected chi connectivity index (χ2v) is 6.66. The number of phosphoric acid groups is 1. The Bertz CT molecular complexity index is 828. The monoisotopic (exact) mass is 345 g/mol. The van der Waals surface area contributed by atoms with Crippen LogP contribution in [0.25, 0.3) is 11.2 Å². The summed E-state index contributed by atoms with van der Waals surface area (Å²) in [5.74, 6) is -0.0311. The average Bonchev–Trinajstić information content (AvgIpc) is 2.99. The summed E-state index contributed by atoms with van der Waals surface area (Å²) in [7, 11) is -4.54. The van der Waals surface area contributed by atoms with Crippen molar-refractivity contribution >= 4 is 24.9 Å². The van der Waals surface area contributed by atoms with E-state index >= 15 is 0 Å². The molecule has 0 saturated carbocycles. The van der Waals surface area contributed by atoms with E-state index in [0.717, 1.165) is 0 Å². The highest BCUT2D eigenvalue weighted by molar-refractivity contribution is 7.46. The fourth-order valence-corrected chi connectivity index (χ4v) is 3.03. The molecule has 0 spiro atoms. The van der Waals surface area contributed by atoms with Crippen molar-refractivity contribution in [2.24, 2.45) is 5.92 Å². The Morgan fingerprint density at radius 3 is 3.04 bits per heavy atom. The van der Waals surface area contributed by atoms with Gasteiger partial charge in [-0.3, -0.25) is 18.9 Å². The first-order valence-electron chi connectivity index (χ1n) is 6.82. The number of ether oxygens (including phenoxy) is 1. The van der Waals surface area contributed by atoms with Crippen molar-refractivity contribution < 1.29 is 23.6 Å². The molecule has 3 unspecified atom stereocenters. The Hall–Kier alpha value is -1.78. The van der Waals surface area contributed by atoms with Gasteiger partial charge >= 0.3 is 7.82 Å².